The van der Waals surface area contributed by atoms with Gasteiger partial charge in [0.15, 0.2) is 0 Å². The Morgan fingerprint density at radius 3 is 2.71 bits per heavy atom. The van der Waals surface area contributed by atoms with Crippen LogP contribution >= 0.6 is 11.8 Å². The number of nitrogens with zero attached hydrogens (tertiary/aromatic N) is 4. The van der Waals surface area contributed by atoms with E-state index in [2.05, 4.69) is 20.2 Å². The SMILES string of the molecule is Cc1ccc(C(=O)Nc2ccc3c(c2)CCN3C(=O)Cc2ccccn2)c(N2CCSCC2)n1. The fourth-order valence-electron chi connectivity index (χ4n) is 4.43. The van der Waals surface area contributed by atoms with Crippen molar-refractivity contribution in [1.29, 1.82) is 0 Å². The summed E-state index contributed by atoms with van der Waals surface area (Å²) in [5.74, 6) is 2.70. The molecule has 1 fully saturated rings. The third kappa shape index (κ3) is 4.77. The lowest BCUT2D eigenvalue weighted by Crippen LogP contribution is -2.35. The minimum Gasteiger partial charge on any atom is -0.354 e. The minimum absolute atomic E-state index is 0.0318. The summed E-state index contributed by atoms with van der Waals surface area (Å²) in [5, 5.41) is 3.05. The second-order valence-electron chi connectivity index (χ2n) is 8.51. The molecule has 0 atom stereocenters. The zero-order valence-corrected chi connectivity index (χ0v) is 20.0. The summed E-state index contributed by atoms with van der Waals surface area (Å²) < 4.78 is 0. The van der Waals surface area contributed by atoms with E-state index in [9.17, 15) is 9.59 Å². The first-order valence-electron chi connectivity index (χ1n) is 11.5. The van der Waals surface area contributed by atoms with Crippen LogP contribution in [-0.4, -0.2) is 52.9 Å². The van der Waals surface area contributed by atoms with Gasteiger partial charge in [-0.15, -0.1) is 0 Å². The Morgan fingerprint density at radius 2 is 1.91 bits per heavy atom. The molecule has 0 spiro atoms. The average Bonchev–Trinajstić information content (AvgIpc) is 3.28. The summed E-state index contributed by atoms with van der Waals surface area (Å²) in [6.07, 6.45) is 2.74. The van der Waals surface area contributed by atoms with Crippen molar-refractivity contribution < 1.29 is 9.59 Å². The summed E-state index contributed by atoms with van der Waals surface area (Å²) in [6.45, 7) is 4.37. The maximum Gasteiger partial charge on any atom is 0.259 e. The highest BCUT2D eigenvalue weighted by Crippen LogP contribution is 2.31. The normalized spacial score (nSPS) is 15.2. The topological polar surface area (TPSA) is 78.4 Å². The van der Waals surface area contributed by atoms with Gasteiger partial charge in [0, 0.05) is 60.1 Å². The quantitative estimate of drug-likeness (QED) is 0.609. The highest BCUT2D eigenvalue weighted by Gasteiger charge is 2.26. The van der Waals surface area contributed by atoms with Crippen LogP contribution in [0.3, 0.4) is 0 Å². The highest BCUT2D eigenvalue weighted by atomic mass is 32.2. The van der Waals surface area contributed by atoms with Crippen LogP contribution < -0.4 is 15.1 Å². The summed E-state index contributed by atoms with van der Waals surface area (Å²) in [4.78, 5) is 39.0. The summed E-state index contributed by atoms with van der Waals surface area (Å²) in [5.41, 5.74) is 4.94. The highest BCUT2D eigenvalue weighted by molar-refractivity contribution is 7.99. The van der Waals surface area contributed by atoms with E-state index in [1.54, 1.807) is 6.20 Å². The van der Waals surface area contributed by atoms with Crippen LogP contribution in [0.5, 0.6) is 0 Å². The Bertz CT molecular complexity index is 1210. The molecular weight excluding hydrogens is 446 g/mol. The molecule has 7 nitrogen and oxygen atoms in total. The van der Waals surface area contributed by atoms with E-state index in [1.807, 2.05) is 72.1 Å². The molecule has 2 aromatic heterocycles. The Morgan fingerprint density at radius 1 is 1.06 bits per heavy atom. The Kier molecular flexibility index (Phi) is 6.49. The number of nitrogens with one attached hydrogen (secondary N) is 1. The molecule has 1 N–H and O–H groups in total. The van der Waals surface area contributed by atoms with Crippen molar-refractivity contribution in [2.45, 2.75) is 19.8 Å². The molecule has 34 heavy (non-hydrogen) atoms. The van der Waals surface area contributed by atoms with Crippen molar-refractivity contribution in [2.24, 2.45) is 0 Å². The van der Waals surface area contributed by atoms with Crippen molar-refractivity contribution in [1.82, 2.24) is 9.97 Å². The zero-order chi connectivity index (χ0) is 23.5. The molecule has 0 saturated carbocycles. The van der Waals surface area contributed by atoms with Gasteiger partial charge in [0.1, 0.15) is 5.82 Å². The van der Waals surface area contributed by atoms with Gasteiger partial charge < -0.3 is 15.1 Å². The minimum atomic E-state index is -0.165. The third-order valence-electron chi connectivity index (χ3n) is 6.16. The number of benzene rings is 1. The van der Waals surface area contributed by atoms with Gasteiger partial charge in [0.2, 0.25) is 5.91 Å². The number of aryl methyl sites for hydroxylation is 1. The molecule has 0 aliphatic carbocycles. The number of anilines is 3. The lowest BCUT2D eigenvalue weighted by atomic mass is 10.1. The fourth-order valence-corrected chi connectivity index (χ4v) is 5.33. The molecule has 1 saturated heterocycles. The number of rotatable bonds is 5. The summed E-state index contributed by atoms with van der Waals surface area (Å²) >= 11 is 1.93. The summed E-state index contributed by atoms with van der Waals surface area (Å²) in [6, 6.07) is 15.1. The lowest BCUT2D eigenvalue weighted by molar-refractivity contribution is -0.117. The number of aromatic nitrogens is 2. The van der Waals surface area contributed by atoms with Gasteiger partial charge in [-0.2, -0.15) is 11.8 Å². The van der Waals surface area contributed by atoms with E-state index in [0.29, 0.717) is 12.1 Å². The number of thioether (sulfide) groups is 1. The second-order valence-corrected chi connectivity index (χ2v) is 9.74. The molecule has 3 aromatic rings. The van der Waals surface area contributed by atoms with E-state index in [4.69, 9.17) is 0 Å². The molecule has 2 aliphatic heterocycles. The van der Waals surface area contributed by atoms with Gasteiger partial charge in [0.05, 0.1) is 12.0 Å². The molecule has 2 aliphatic rings. The number of fused-ring (bicyclic) bond motifs is 1. The largest absolute Gasteiger partial charge is 0.354 e. The number of hydrogen-bond donors (Lipinski definition) is 1. The Hall–Kier alpha value is -3.39. The van der Waals surface area contributed by atoms with Gasteiger partial charge in [0.25, 0.3) is 5.91 Å². The van der Waals surface area contributed by atoms with E-state index < -0.39 is 0 Å². The first kappa shape index (κ1) is 22.4. The van der Waals surface area contributed by atoms with Crippen LogP contribution in [0.25, 0.3) is 0 Å². The van der Waals surface area contributed by atoms with Crippen LogP contribution in [0.2, 0.25) is 0 Å². The van der Waals surface area contributed by atoms with Crippen molar-refractivity contribution in [3.8, 4) is 0 Å². The predicted molar refractivity (Wildman–Crippen MR) is 137 cm³/mol. The number of amides is 2. The van der Waals surface area contributed by atoms with Crippen molar-refractivity contribution in [2.75, 3.05) is 46.3 Å². The third-order valence-corrected chi connectivity index (χ3v) is 7.10. The van der Waals surface area contributed by atoms with Gasteiger partial charge in [-0.3, -0.25) is 14.6 Å². The van der Waals surface area contributed by atoms with Crippen molar-refractivity contribution in [3.05, 3.63) is 77.2 Å². The van der Waals surface area contributed by atoms with E-state index >= 15 is 0 Å². The van der Waals surface area contributed by atoms with Gasteiger partial charge in [-0.1, -0.05) is 6.07 Å². The summed E-state index contributed by atoms with van der Waals surface area (Å²) in [7, 11) is 0. The number of carbonyl (C=O) groups is 2. The molecule has 174 valence electrons. The van der Waals surface area contributed by atoms with E-state index in [1.165, 1.54) is 0 Å². The number of hydrogen-bond acceptors (Lipinski definition) is 6. The van der Waals surface area contributed by atoms with Crippen molar-refractivity contribution in [3.63, 3.8) is 0 Å². The number of pyridine rings is 2. The zero-order valence-electron chi connectivity index (χ0n) is 19.2. The van der Waals surface area contributed by atoms with Gasteiger partial charge >= 0.3 is 0 Å². The molecule has 0 unspecified atom stereocenters. The molecule has 5 rings (SSSR count). The van der Waals surface area contributed by atoms with Crippen LogP contribution in [-0.2, 0) is 17.6 Å². The predicted octanol–water partition coefficient (Wildman–Crippen LogP) is 3.72. The maximum atomic E-state index is 13.2. The molecule has 2 amide bonds. The van der Waals surface area contributed by atoms with E-state index in [0.717, 1.165) is 65.2 Å². The van der Waals surface area contributed by atoms with Crippen LogP contribution in [0, 0.1) is 6.92 Å². The maximum absolute atomic E-state index is 13.2. The standard InChI is InChI=1S/C26H27N5O2S/c1-18-5-7-22(25(28-18)30-12-14-34-15-13-30)26(33)29-21-6-8-23-19(16-21)9-11-31(23)24(32)17-20-4-2-3-10-27-20/h2-8,10,16H,9,11-15,17H2,1H3,(H,29,33). The molecule has 8 heteroatoms. The molecule has 4 heterocycles. The average molecular weight is 474 g/mol. The van der Waals surface area contributed by atoms with Crippen molar-refractivity contribution >= 4 is 40.8 Å². The van der Waals surface area contributed by atoms with Gasteiger partial charge in [-0.25, -0.2) is 4.98 Å². The first-order chi connectivity index (χ1) is 16.6. The first-order valence-corrected chi connectivity index (χ1v) is 12.7. The fraction of sp³-hybridized carbons (Fsp3) is 0.308. The van der Waals surface area contributed by atoms with Crippen LogP contribution in [0.4, 0.5) is 17.2 Å². The monoisotopic (exact) mass is 473 g/mol. The van der Waals surface area contributed by atoms with Crippen LogP contribution in [0.15, 0.2) is 54.7 Å². The smallest absolute Gasteiger partial charge is 0.259 e. The van der Waals surface area contributed by atoms with Gasteiger partial charge in [-0.05, 0) is 61.4 Å². The van der Waals surface area contributed by atoms with E-state index in [-0.39, 0.29) is 18.2 Å². The van der Waals surface area contributed by atoms with Crippen LogP contribution in [0.1, 0.15) is 27.3 Å². The molecule has 0 bridgehead atoms. The molecular formula is C26H27N5O2S. The molecule has 0 radical (unpaired) electrons. The lowest BCUT2D eigenvalue weighted by Gasteiger charge is -2.29. The Labute approximate surface area is 203 Å². The number of carbonyl (C=O) groups excluding carboxylic acids is 2. The Balaban J connectivity index is 1.31. The molecule has 1 aromatic carbocycles. The second kappa shape index (κ2) is 9.85.